The largest absolute Gasteiger partial charge is 0.456 e. The van der Waals surface area contributed by atoms with Crippen LogP contribution in [0.25, 0.3) is 49.9 Å². The van der Waals surface area contributed by atoms with Crippen molar-refractivity contribution >= 4 is 50.1 Å². The van der Waals surface area contributed by atoms with E-state index in [1.807, 2.05) is 17.4 Å². The average molecular weight is 693 g/mol. The standard InChI is InChI=1S/C50H44OS/c1-2-3-15-36(42-20-7-8-23-46-44-22-10-12-27-48(44)52-50(42)46)29-28-34-30-39(35-16-5-4-6-17-35)33-40(31-34)37-18-13-19-38(32-37)41-24-14-25-45-43-21-9-11-26-47(43)51-49(41)45/h2-5,10-16,18-19,22-27,29-32,40H,1,6-9,17,20-21,28,33H2/b15-3-,36-29+. The van der Waals surface area contributed by atoms with Gasteiger partial charge in [0.15, 0.2) is 0 Å². The van der Waals surface area contributed by atoms with Gasteiger partial charge in [-0.15, -0.1) is 11.3 Å². The van der Waals surface area contributed by atoms with Gasteiger partial charge in [0.25, 0.3) is 0 Å². The molecule has 256 valence electrons. The fourth-order valence-corrected chi connectivity index (χ4v) is 9.88. The summed E-state index contributed by atoms with van der Waals surface area (Å²) in [5, 5.41) is 4.06. The average Bonchev–Trinajstić information content (AvgIpc) is 3.70. The number of hydrogen-bond donors (Lipinski definition) is 0. The van der Waals surface area contributed by atoms with Crippen molar-refractivity contribution in [3.63, 3.8) is 0 Å². The van der Waals surface area contributed by atoms with Crippen LogP contribution in [0.4, 0.5) is 0 Å². The molecule has 0 bridgehead atoms. The van der Waals surface area contributed by atoms with E-state index in [9.17, 15) is 0 Å². The van der Waals surface area contributed by atoms with E-state index in [4.69, 9.17) is 4.42 Å². The fourth-order valence-electron chi connectivity index (χ4n) is 8.58. The van der Waals surface area contributed by atoms with E-state index in [1.165, 1.54) is 81.8 Å². The summed E-state index contributed by atoms with van der Waals surface area (Å²) in [7, 11) is 0. The first-order chi connectivity index (χ1) is 25.7. The number of thiophene rings is 1. The summed E-state index contributed by atoms with van der Waals surface area (Å²) < 4.78 is 9.32. The Balaban J connectivity index is 1.11. The van der Waals surface area contributed by atoms with E-state index < -0.39 is 0 Å². The number of allylic oxidation sites excluding steroid dienone is 14. The lowest BCUT2D eigenvalue weighted by molar-refractivity contribution is 0.596. The van der Waals surface area contributed by atoms with Crippen molar-refractivity contribution in [2.24, 2.45) is 0 Å². The molecule has 0 N–H and O–H groups in total. The molecular weight excluding hydrogens is 649 g/mol. The summed E-state index contributed by atoms with van der Waals surface area (Å²) in [5.74, 6) is 1.32. The van der Waals surface area contributed by atoms with Crippen LogP contribution in [0.15, 0.2) is 161 Å². The number of para-hydroxylation sites is 1. The van der Waals surface area contributed by atoms with E-state index in [1.54, 1.807) is 0 Å². The molecule has 2 aromatic heterocycles. The lowest BCUT2D eigenvalue weighted by Gasteiger charge is -2.25. The molecule has 1 nitrogen and oxygen atoms in total. The summed E-state index contributed by atoms with van der Waals surface area (Å²) in [6, 6.07) is 24.8. The van der Waals surface area contributed by atoms with Crippen molar-refractivity contribution in [2.45, 2.75) is 63.7 Å². The van der Waals surface area contributed by atoms with E-state index >= 15 is 0 Å². The molecule has 0 saturated heterocycles. The lowest BCUT2D eigenvalue weighted by atomic mass is 9.80. The van der Waals surface area contributed by atoms with E-state index in [0.29, 0.717) is 5.92 Å². The van der Waals surface area contributed by atoms with Gasteiger partial charge in [-0.2, -0.15) is 0 Å². The Hall–Kier alpha value is -5.18. The van der Waals surface area contributed by atoms with Crippen LogP contribution >= 0.6 is 11.3 Å². The first-order valence-electron chi connectivity index (χ1n) is 19.0. The second-order valence-electron chi connectivity index (χ2n) is 14.4. The van der Waals surface area contributed by atoms with E-state index in [0.717, 1.165) is 62.7 Å². The van der Waals surface area contributed by atoms with Gasteiger partial charge in [-0.05, 0) is 120 Å². The summed E-state index contributed by atoms with van der Waals surface area (Å²) in [4.78, 5) is 0. The SMILES string of the molecule is C=C/C=C\C(=C/CC1=CC(c2cccc(-c3cccc4c5c(oc34)C=CCC5)c2)CC(C2=CC=CCC2)=C1)C1=c2sc3ccccc3c2=CCCC1. The molecule has 5 aromatic rings. The summed E-state index contributed by atoms with van der Waals surface area (Å²) in [5.41, 5.74) is 13.3. The number of benzene rings is 3. The fraction of sp³-hybridized carbons (Fsp3) is 0.200. The number of rotatable bonds is 8. The van der Waals surface area contributed by atoms with Gasteiger partial charge in [0.05, 0.1) is 0 Å². The molecular formula is C50H44OS. The lowest BCUT2D eigenvalue weighted by Crippen LogP contribution is -2.21. The second-order valence-corrected chi connectivity index (χ2v) is 15.5. The second kappa shape index (κ2) is 14.4. The van der Waals surface area contributed by atoms with Crippen molar-refractivity contribution < 1.29 is 4.42 Å². The van der Waals surface area contributed by atoms with Crippen LogP contribution < -0.4 is 9.75 Å². The maximum absolute atomic E-state index is 6.51. The Kier molecular flexibility index (Phi) is 9.09. The van der Waals surface area contributed by atoms with Gasteiger partial charge in [0.1, 0.15) is 11.3 Å². The predicted molar refractivity (Wildman–Crippen MR) is 224 cm³/mol. The Morgan fingerprint density at radius 2 is 1.81 bits per heavy atom. The van der Waals surface area contributed by atoms with Gasteiger partial charge >= 0.3 is 0 Å². The van der Waals surface area contributed by atoms with Gasteiger partial charge in [-0.25, -0.2) is 0 Å². The van der Waals surface area contributed by atoms with Crippen molar-refractivity contribution in [1.29, 1.82) is 0 Å². The van der Waals surface area contributed by atoms with Crippen LogP contribution in [0.5, 0.6) is 0 Å². The number of aryl methyl sites for hydroxylation is 1. The van der Waals surface area contributed by atoms with Crippen molar-refractivity contribution in [2.75, 3.05) is 0 Å². The summed E-state index contributed by atoms with van der Waals surface area (Å²) in [6.45, 7) is 4.02. The van der Waals surface area contributed by atoms with Crippen LogP contribution in [-0.4, -0.2) is 0 Å². The van der Waals surface area contributed by atoms with Gasteiger partial charge < -0.3 is 4.42 Å². The Labute approximate surface area is 311 Å². The van der Waals surface area contributed by atoms with Crippen LogP contribution in [0.3, 0.4) is 0 Å². The third-order valence-electron chi connectivity index (χ3n) is 11.2. The minimum absolute atomic E-state index is 0.295. The minimum atomic E-state index is 0.295. The Morgan fingerprint density at radius 3 is 2.73 bits per heavy atom. The van der Waals surface area contributed by atoms with Gasteiger partial charge in [0.2, 0.25) is 0 Å². The minimum Gasteiger partial charge on any atom is -0.456 e. The summed E-state index contributed by atoms with van der Waals surface area (Å²) in [6.07, 6.45) is 37.1. The quantitative estimate of drug-likeness (QED) is 0.148. The zero-order chi connectivity index (χ0) is 34.9. The molecule has 1 atom stereocenters. The molecule has 9 rings (SSSR count). The molecule has 0 fully saturated rings. The Bertz CT molecular complexity index is 2560. The summed E-state index contributed by atoms with van der Waals surface area (Å²) >= 11 is 1.95. The number of furan rings is 1. The zero-order valence-electron chi connectivity index (χ0n) is 29.7. The highest BCUT2D eigenvalue weighted by molar-refractivity contribution is 7.17. The topological polar surface area (TPSA) is 13.1 Å². The molecule has 2 heteroatoms. The van der Waals surface area contributed by atoms with Crippen molar-refractivity contribution in [3.8, 4) is 11.1 Å². The molecule has 52 heavy (non-hydrogen) atoms. The molecule has 4 aliphatic rings. The third-order valence-corrected chi connectivity index (χ3v) is 12.4. The molecule has 1 unspecified atom stereocenters. The van der Waals surface area contributed by atoms with Crippen LogP contribution in [0, 0.1) is 0 Å². The van der Waals surface area contributed by atoms with E-state index in [-0.39, 0.29) is 0 Å². The zero-order valence-corrected chi connectivity index (χ0v) is 30.6. The molecule has 3 aromatic carbocycles. The maximum Gasteiger partial charge on any atom is 0.142 e. The third kappa shape index (κ3) is 6.31. The molecule has 0 saturated carbocycles. The first-order valence-corrected chi connectivity index (χ1v) is 19.8. The van der Waals surface area contributed by atoms with Crippen molar-refractivity contribution in [1.82, 2.24) is 0 Å². The molecule has 0 spiro atoms. The van der Waals surface area contributed by atoms with Crippen LogP contribution in [0.2, 0.25) is 0 Å². The van der Waals surface area contributed by atoms with Crippen LogP contribution in [0.1, 0.15) is 74.2 Å². The number of hydrogen-bond acceptors (Lipinski definition) is 2. The maximum atomic E-state index is 6.51. The molecule has 4 aliphatic carbocycles. The monoisotopic (exact) mass is 692 g/mol. The highest BCUT2D eigenvalue weighted by atomic mass is 32.1. The number of fused-ring (bicyclic) bond motifs is 6. The van der Waals surface area contributed by atoms with Gasteiger partial charge in [-0.1, -0.05) is 134 Å². The highest BCUT2D eigenvalue weighted by Crippen LogP contribution is 2.41. The molecule has 0 amide bonds. The molecule has 0 aliphatic heterocycles. The van der Waals surface area contributed by atoms with E-state index in [2.05, 4.69) is 140 Å². The normalized spacial score (nSPS) is 18.8. The highest BCUT2D eigenvalue weighted by Gasteiger charge is 2.22. The van der Waals surface area contributed by atoms with Gasteiger partial charge in [0, 0.05) is 31.7 Å². The molecule has 0 radical (unpaired) electrons. The van der Waals surface area contributed by atoms with Gasteiger partial charge in [-0.3, -0.25) is 0 Å². The Morgan fingerprint density at radius 1 is 0.904 bits per heavy atom. The smallest absolute Gasteiger partial charge is 0.142 e. The molecule has 2 heterocycles. The first kappa shape index (κ1) is 32.7. The predicted octanol–water partition coefficient (Wildman–Crippen LogP) is 12.8. The van der Waals surface area contributed by atoms with Crippen molar-refractivity contribution in [3.05, 3.63) is 183 Å². The van der Waals surface area contributed by atoms with Crippen LogP contribution in [-0.2, 0) is 6.42 Å².